The van der Waals surface area contributed by atoms with Crippen LogP contribution >= 0.6 is 11.6 Å². The number of hydrogen-bond acceptors (Lipinski definition) is 2. The predicted molar refractivity (Wildman–Crippen MR) is 87.9 cm³/mol. The van der Waals surface area contributed by atoms with Crippen molar-refractivity contribution < 1.29 is 4.79 Å². The molecule has 2 amide bonds. The van der Waals surface area contributed by atoms with Gasteiger partial charge in [0.05, 0.1) is 12.2 Å². The van der Waals surface area contributed by atoms with E-state index in [1.165, 1.54) is 0 Å². The van der Waals surface area contributed by atoms with Gasteiger partial charge in [-0.1, -0.05) is 29.8 Å². The lowest BCUT2D eigenvalue weighted by Gasteiger charge is -2.18. The fourth-order valence-electron chi connectivity index (χ4n) is 2.25. The van der Waals surface area contributed by atoms with Gasteiger partial charge in [0, 0.05) is 29.9 Å². The van der Waals surface area contributed by atoms with Gasteiger partial charge in [-0.2, -0.15) is 5.10 Å². The Hall–Kier alpha value is -2.01. The molecule has 22 heavy (non-hydrogen) atoms. The molecule has 1 heterocycles. The quantitative estimate of drug-likeness (QED) is 0.889. The monoisotopic (exact) mass is 320 g/mol. The van der Waals surface area contributed by atoms with Crippen molar-refractivity contribution >= 4 is 17.6 Å². The summed E-state index contributed by atoms with van der Waals surface area (Å²) < 4.78 is 1.71. The summed E-state index contributed by atoms with van der Waals surface area (Å²) in [5, 5.41) is 10.7. The first-order valence-electron chi connectivity index (χ1n) is 7.24. The molecule has 0 saturated carbocycles. The molecule has 1 aromatic heterocycles. The molecular formula is C16H21ClN4O. The first-order valence-corrected chi connectivity index (χ1v) is 7.62. The number of urea groups is 1. The van der Waals surface area contributed by atoms with Crippen molar-refractivity contribution in [2.45, 2.75) is 32.4 Å². The minimum atomic E-state index is -0.198. The van der Waals surface area contributed by atoms with E-state index in [1.807, 2.05) is 51.4 Å². The van der Waals surface area contributed by atoms with Gasteiger partial charge in [-0.05, 0) is 31.9 Å². The fourth-order valence-corrected chi connectivity index (χ4v) is 2.47. The molecule has 0 spiro atoms. The molecule has 5 nitrogen and oxygen atoms in total. The molecule has 0 fully saturated rings. The summed E-state index contributed by atoms with van der Waals surface area (Å²) in [6, 6.07) is 7.35. The third kappa shape index (κ3) is 4.49. The molecule has 0 unspecified atom stereocenters. The Bertz CT molecular complexity index is 641. The number of nitrogens with zero attached hydrogens (tertiary/aromatic N) is 2. The summed E-state index contributed by atoms with van der Waals surface area (Å²) in [4.78, 5) is 12.0. The van der Waals surface area contributed by atoms with Crippen molar-refractivity contribution in [2.75, 3.05) is 0 Å². The largest absolute Gasteiger partial charge is 0.335 e. The second-order valence-electron chi connectivity index (χ2n) is 5.48. The zero-order valence-corrected chi connectivity index (χ0v) is 13.8. The first-order chi connectivity index (χ1) is 10.5. The average Bonchev–Trinajstić information content (AvgIpc) is 2.88. The highest BCUT2D eigenvalue weighted by atomic mass is 35.5. The molecule has 0 radical (unpaired) electrons. The zero-order chi connectivity index (χ0) is 16.1. The van der Waals surface area contributed by atoms with E-state index in [1.54, 1.807) is 10.9 Å². The predicted octanol–water partition coefficient (Wildman–Crippen LogP) is 3.06. The molecule has 0 bridgehead atoms. The van der Waals surface area contributed by atoms with Crippen molar-refractivity contribution in [1.82, 2.24) is 20.4 Å². The SMILES string of the molecule is C[C@H](Cc1ccccc1Cl)NC(=O)N[C@H](C)c1cnn(C)c1. The standard InChI is InChI=1S/C16H21ClN4O/c1-11(8-13-6-4-5-7-15(13)17)19-16(22)20-12(2)14-9-18-21(3)10-14/h4-7,9-12H,8H2,1-3H3,(H2,19,20,22)/t11-,12-/m1/s1. The van der Waals surface area contributed by atoms with Crippen LogP contribution in [0.4, 0.5) is 4.79 Å². The van der Waals surface area contributed by atoms with Gasteiger partial charge < -0.3 is 10.6 Å². The van der Waals surface area contributed by atoms with E-state index in [4.69, 9.17) is 11.6 Å². The minimum absolute atomic E-state index is 0.0130. The second kappa shape index (κ2) is 7.31. The fraction of sp³-hybridized carbons (Fsp3) is 0.375. The highest BCUT2D eigenvalue weighted by Gasteiger charge is 2.13. The van der Waals surface area contributed by atoms with Crippen LogP contribution in [0.25, 0.3) is 0 Å². The molecule has 0 aliphatic carbocycles. The van der Waals surface area contributed by atoms with Crippen LogP contribution in [0.2, 0.25) is 5.02 Å². The molecular weight excluding hydrogens is 300 g/mol. The zero-order valence-electron chi connectivity index (χ0n) is 13.0. The Balaban J connectivity index is 1.85. The van der Waals surface area contributed by atoms with E-state index >= 15 is 0 Å². The Kier molecular flexibility index (Phi) is 5.44. The van der Waals surface area contributed by atoms with Gasteiger partial charge in [0.15, 0.2) is 0 Å². The number of benzene rings is 1. The Morgan fingerprint density at radius 2 is 2.05 bits per heavy atom. The lowest BCUT2D eigenvalue weighted by Crippen LogP contribution is -2.42. The van der Waals surface area contributed by atoms with E-state index < -0.39 is 0 Å². The van der Waals surface area contributed by atoms with Crippen molar-refractivity contribution in [3.8, 4) is 0 Å². The number of hydrogen-bond donors (Lipinski definition) is 2. The van der Waals surface area contributed by atoms with Crippen molar-refractivity contribution in [1.29, 1.82) is 0 Å². The van der Waals surface area contributed by atoms with Crippen LogP contribution in [0.5, 0.6) is 0 Å². The van der Waals surface area contributed by atoms with Gasteiger partial charge in [0.25, 0.3) is 0 Å². The molecule has 1 aromatic carbocycles. The third-order valence-corrected chi connectivity index (χ3v) is 3.80. The topological polar surface area (TPSA) is 59.0 Å². The maximum atomic E-state index is 12.0. The average molecular weight is 321 g/mol. The normalized spacial score (nSPS) is 13.5. The number of carbonyl (C=O) groups excluding carboxylic acids is 1. The summed E-state index contributed by atoms with van der Waals surface area (Å²) in [6.07, 6.45) is 4.32. The number of aromatic nitrogens is 2. The number of nitrogens with one attached hydrogen (secondary N) is 2. The van der Waals surface area contributed by atoms with Crippen LogP contribution in [-0.2, 0) is 13.5 Å². The summed E-state index contributed by atoms with van der Waals surface area (Å²) in [5.41, 5.74) is 1.99. The van der Waals surface area contributed by atoms with Gasteiger partial charge in [-0.3, -0.25) is 4.68 Å². The van der Waals surface area contributed by atoms with Crippen molar-refractivity contribution in [3.63, 3.8) is 0 Å². The summed E-state index contributed by atoms with van der Waals surface area (Å²) in [7, 11) is 1.85. The lowest BCUT2D eigenvalue weighted by atomic mass is 10.1. The molecule has 0 saturated heterocycles. The summed E-state index contributed by atoms with van der Waals surface area (Å²) >= 11 is 6.13. The van der Waals surface area contributed by atoms with Crippen LogP contribution in [0.3, 0.4) is 0 Å². The molecule has 0 aliphatic rings. The molecule has 0 aliphatic heterocycles. The second-order valence-corrected chi connectivity index (χ2v) is 5.89. The van der Waals surface area contributed by atoms with E-state index in [2.05, 4.69) is 15.7 Å². The molecule has 2 rings (SSSR count). The summed E-state index contributed by atoms with van der Waals surface area (Å²) in [6.45, 7) is 3.88. The van der Waals surface area contributed by atoms with Gasteiger partial charge in [-0.25, -0.2) is 4.79 Å². The Morgan fingerprint density at radius 3 is 2.68 bits per heavy atom. The van der Waals surface area contributed by atoms with E-state index in [0.717, 1.165) is 16.1 Å². The van der Waals surface area contributed by atoms with Crippen molar-refractivity contribution in [3.05, 3.63) is 52.8 Å². The maximum absolute atomic E-state index is 12.0. The Morgan fingerprint density at radius 1 is 1.32 bits per heavy atom. The van der Waals surface area contributed by atoms with Crippen LogP contribution in [0.15, 0.2) is 36.7 Å². The van der Waals surface area contributed by atoms with E-state index in [-0.39, 0.29) is 18.1 Å². The van der Waals surface area contributed by atoms with E-state index in [9.17, 15) is 4.79 Å². The number of amides is 2. The van der Waals surface area contributed by atoms with Crippen LogP contribution in [0, 0.1) is 0 Å². The molecule has 2 atom stereocenters. The van der Waals surface area contributed by atoms with Crippen LogP contribution < -0.4 is 10.6 Å². The van der Waals surface area contributed by atoms with E-state index in [0.29, 0.717) is 6.42 Å². The number of aryl methyl sites for hydroxylation is 1. The smallest absolute Gasteiger partial charge is 0.315 e. The molecule has 2 N–H and O–H groups in total. The molecule has 118 valence electrons. The highest BCUT2D eigenvalue weighted by molar-refractivity contribution is 6.31. The maximum Gasteiger partial charge on any atom is 0.315 e. The Labute approximate surface area is 135 Å². The van der Waals surface area contributed by atoms with Gasteiger partial charge in [0.1, 0.15) is 0 Å². The van der Waals surface area contributed by atoms with Gasteiger partial charge >= 0.3 is 6.03 Å². The van der Waals surface area contributed by atoms with Crippen LogP contribution in [-0.4, -0.2) is 21.9 Å². The van der Waals surface area contributed by atoms with Gasteiger partial charge in [0.2, 0.25) is 0 Å². The number of carbonyl (C=O) groups is 1. The third-order valence-electron chi connectivity index (χ3n) is 3.43. The van der Waals surface area contributed by atoms with Gasteiger partial charge in [-0.15, -0.1) is 0 Å². The summed E-state index contributed by atoms with van der Waals surface area (Å²) in [5.74, 6) is 0. The number of rotatable bonds is 5. The van der Waals surface area contributed by atoms with Crippen LogP contribution in [0.1, 0.15) is 31.0 Å². The lowest BCUT2D eigenvalue weighted by molar-refractivity contribution is 0.234. The molecule has 6 heteroatoms. The minimum Gasteiger partial charge on any atom is -0.335 e. The number of halogens is 1. The highest BCUT2D eigenvalue weighted by Crippen LogP contribution is 2.16. The van der Waals surface area contributed by atoms with Crippen molar-refractivity contribution in [2.24, 2.45) is 7.05 Å². The first kappa shape index (κ1) is 16.4. The molecule has 2 aromatic rings.